The van der Waals surface area contributed by atoms with Gasteiger partial charge in [0.15, 0.2) is 0 Å². The highest BCUT2D eigenvalue weighted by Crippen LogP contribution is 2.16. The molecular formula is C10H13N3O2S. The summed E-state index contributed by atoms with van der Waals surface area (Å²) in [5, 5.41) is 19.5. The second-order valence-electron chi connectivity index (χ2n) is 3.38. The SMILES string of the molecule is CS/C(C#N)=C\C(=C/N1CCCC1)[N+](=O)[O-]. The van der Waals surface area contributed by atoms with Gasteiger partial charge in [0.2, 0.25) is 0 Å². The van der Waals surface area contributed by atoms with E-state index in [0.29, 0.717) is 4.91 Å². The van der Waals surface area contributed by atoms with E-state index in [2.05, 4.69) is 0 Å². The van der Waals surface area contributed by atoms with Crippen LogP contribution in [0.3, 0.4) is 0 Å². The summed E-state index contributed by atoms with van der Waals surface area (Å²) in [4.78, 5) is 12.6. The standard InChI is InChI=1S/C10H13N3O2S/c1-16-10(7-11)6-9(13(14)15)8-12-4-2-3-5-12/h6,8H,2-5H2,1H3/b9-8+,10-6-. The van der Waals surface area contributed by atoms with Gasteiger partial charge in [-0.05, 0) is 19.1 Å². The second-order valence-corrected chi connectivity index (χ2v) is 4.23. The molecule has 5 nitrogen and oxygen atoms in total. The van der Waals surface area contributed by atoms with Crippen molar-refractivity contribution in [1.82, 2.24) is 4.90 Å². The first-order valence-corrected chi connectivity index (χ1v) is 6.16. The molecule has 16 heavy (non-hydrogen) atoms. The number of hydrogen-bond donors (Lipinski definition) is 0. The number of thioether (sulfide) groups is 1. The van der Waals surface area contributed by atoms with Crippen LogP contribution >= 0.6 is 11.8 Å². The van der Waals surface area contributed by atoms with Crippen LogP contribution in [-0.2, 0) is 0 Å². The van der Waals surface area contributed by atoms with Gasteiger partial charge in [-0.3, -0.25) is 10.1 Å². The molecule has 0 amide bonds. The van der Waals surface area contributed by atoms with Crippen molar-refractivity contribution < 1.29 is 4.92 Å². The minimum absolute atomic E-state index is 0.0206. The summed E-state index contributed by atoms with van der Waals surface area (Å²) in [6.45, 7) is 1.71. The molecule has 1 fully saturated rings. The van der Waals surface area contributed by atoms with E-state index >= 15 is 0 Å². The van der Waals surface area contributed by atoms with Gasteiger partial charge in [-0.25, -0.2) is 0 Å². The van der Waals surface area contributed by atoms with Crippen molar-refractivity contribution >= 4 is 11.8 Å². The maximum atomic E-state index is 10.8. The topological polar surface area (TPSA) is 70.2 Å². The number of allylic oxidation sites excluding steroid dienone is 2. The van der Waals surface area contributed by atoms with Crippen LogP contribution in [0.1, 0.15) is 12.8 Å². The zero-order chi connectivity index (χ0) is 12.0. The van der Waals surface area contributed by atoms with E-state index in [9.17, 15) is 10.1 Å². The molecule has 0 aliphatic carbocycles. The van der Waals surface area contributed by atoms with Crippen LogP contribution in [0.15, 0.2) is 22.9 Å². The van der Waals surface area contributed by atoms with Crippen molar-refractivity contribution in [3.05, 3.63) is 33.0 Å². The Morgan fingerprint density at radius 1 is 1.56 bits per heavy atom. The van der Waals surface area contributed by atoms with Gasteiger partial charge in [-0.15, -0.1) is 11.8 Å². The summed E-state index contributed by atoms with van der Waals surface area (Å²) >= 11 is 1.21. The maximum absolute atomic E-state index is 10.8. The highest BCUT2D eigenvalue weighted by Gasteiger charge is 2.14. The Hall–Kier alpha value is -1.48. The highest BCUT2D eigenvalue weighted by atomic mass is 32.2. The van der Waals surface area contributed by atoms with E-state index in [4.69, 9.17) is 5.26 Å². The first kappa shape index (κ1) is 12.6. The van der Waals surface area contributed by atoms with E-state index in [1.54, 1.807) is 6.26 Å². The van der Waals surface area contributed by atoms with E-state index in [-0.39, 0.29) is 5.70 Å². The van der Waals surface area contributed by atoms with Gasteiger partial charge in [0.1, 0.15) is 6.07 Å². The van der Waals surface area contributed by atoms with Crippen LogP contribution in [-0.4, -0.2) is 29.2 Å². The molecule has 0 aromatic rings. The van der Waals surface area contributed by atoms with E-state index in [0.717, 1.165) is 25.9 Å². The molecule has 6 heteroatoms. The first-order valence-electron chi connectivity index (χ1n) is 4.93. The average molecular weight is 239 g/mol. The molecule has 0 unspecified atom stereocenters. The van der Waals surface area contributed by atoms with Crippen LogP contribution in [0.2, 0.25) is 0 Å². The highest BCUT2D eigenvalue weighted by molar-refractivity contribution is 8.02. The Balaban J connectivity index is 2.86. The molecule has 0 atom stereocenters. The van der Waals surface area contributed by atoms with Crippen molar-refractivity contribution in [2.45, 2.75) is 12.8 Å². The number of hydrogen-bond acceptors (Lipinski definition) is 5. The molecule has 1 aliphatic heterocycles. The van der Waals surface area contributed by atoms with Crippen molar-refractivity contribution in [2.24, 2.45) is 0 Å². The zero-order valence-electron chi connectivity index (χ0n) is 9.05. The Bertz CT molecular complexity index is 365. The number of nitriles is 1. The van der Waals surface area contributed by atoms with Crippen LogP contribution in [0, 0.1) is 21.4 Å². The van der Waals surface area contributed by atoms with E-state index in [1.807, 2.05) is 11.0 Å². The van der Waals surface area contributed by atoms with Crippen LogP contribution < -0.4 is 0 Å². The Labute approximate surface area is 98.6 Å². The summed E-state index contributed by atoms with van der Waals surface area (Å²) in [7, 11) is 0. The van der Waals surface area contributed by atoms with Crippen molar-refractivity contribution in [1.29, 1.82) is 5.26 Å². The summed E-state index contributed by atoms with van der Waals surface area (Å²) in [5.41, 5.74) is -0.0206. The normalized spacial score (nSPS) is 17.4. The maximum Gasteiger partial charge on any atom is 0.286 e. The number of likely N-dealkylation sites (tertiary alicyclic amines) is 1. The van der Waals surface area contributed by atoms with Gasteiger partial charge in [0, 0.05) is 19.2 Å². The van der Waals surface area contributed by atoms with Crippen LogP contribution in [0.4, 0.5) is 0 Å². The summed E-state index contributed by atoms with van der Waals surface area (Å²) in [6, 6.07) is 1.92. The van der Waals surface area contributed by atoms with Gasteiger partial charge in [-0.1, -0.05) is 0 Å². The molecule has 1 heterocycles. The van der Waals surface area contributed by atoms with Crippen LogP contribution in [0.25, 0.3) is 0 Å². The Kier molecular flexibility index (Phi) is 4.86. The molecule has 1 aliphatic rings. The molecule has 86 valence electrons. The van der Waals surface area contributed by atoms with Gasteiger partial charge in [-0.2, -0.15) is 5.26 Å². The molecular weight excluding hydrogens is 226 g/mol. The molecule has 1 saturated heterocycles. The summed E-state index contributed by atoms with van der Waals surface area (Å²) in [6.07, 6.45) is 6.71. The van der Waals surface area contributed by atoms with Gasteiger partial charge < -0.3 is 4.90 Å². The van der Waals surface area contributed by atoms with Crippen molar-refractivity contribution in [2.75, 3.05) is 19.3 Å². The Morgan fingerprint density at radius 3 is 2.62 bits per heavy atom. The fourth-order valence-electron chi connectivity index (χ4n) is 1.47. The molecule has 1 rings (SSSR count). The molecule has 0 radical (unpaired) electrons. The predicted molar refractivity (Wildman–Crippen MR) is 63.1 cm³/mol. The first-order chi connectivity index (χ1) is 7.67. The van der Waals surface area contributed by atoms with Gasteiger partial charge in [0.05, 0.1) is 16.0 Å². The third-order valence-corrected chi connectivity index (χ3v) is 2.92. The average Bonchev–Trinajstić information content (AvgIpc) is 2.76. The number of nitrogens with zero attached hydrogens (tertiary/aromatic N) is 3. The lowest BCUT2D eigenvalue weighted by atomic mass is 10.4. The number of nitro groups is 1. The smallest absolute Gasteiger partial charge is 0.286 e. The molecule has 0 spiro atoms. The van der Waals surface area contributed by atoms with Gasteiger partial charge >= 0.3 is 0 Å². The minimum atomic E-state index is -0.453. The third-order valence-electron chi connectivity index (χ3n) is 2.28. The van der Waals surface area contributed by atoms with E-state index in [1.165, 1.54) is 24.0 Å². The monoisotopic (exact) mass is 239 g/mol. The second kappa shape index (κ2) is 6.18. The third kappa shape index (κ3) is 3.59. The lowest BCUT2D eigenvalue weighted by Gasteiger charge is -2.09. The largest absolute Gasteiger partial charge is 0.372 e. The quantitative estimate of drug-likeness (QED) is 0.324. The van der Waals surface area contributed by atoms with Crippen molar-refractivity contribution in [3.63, 3.8) is 0 Å². The van der Waals surface area contributed by atoms with E-state index < -0.39 is 4.92 Å². The van der Waals surface area contributed by atoms with Crippen LogP contribution in [0.5, 0.6) is 0 Å². The lowest BCUT2D eigenvalue weighted by molar-refractivity contribution is -0.420. The van der Waals surface area contributed by atoms with Crippen molar-refractivity contribution in [3.8, 4) is 6.07 Å². The summed E-state index contributed by atoms with van der Waals surface area (Å²) < 4.78 is 0. The fourth-order valence-corrected chi connectivity index (χ4v) is 1.80. The fraction of sp³-hybridized carbons (Fsp3) is 0.500. The molecule has 0 aromatic carbocycles. The minimum Gasteiger partial charge on any atom is -0.372 e. The lowest BCUT2D eigenvalue weighted by Crippen LogP contribution is -2.13. The predicted octanol–water partition coefficient (Wildman–Crippen LogP) is 1.97. The molecule has 0 aromatic heterocycles. The zero-order valence-corrected chi connectivity index (χ0v) is 9.87. The molecule has 0 N–H and O–H groups in total. The Morgan fingerprint density at radius 2 is 2.19 bits per heavy atom. The number of rotatable bonds is 4. The summed E-state index contributed by atoms with van der Waals surface area (Å²) in [5.74, 6) is 0. The molecule has 0 bridgehead atoms. The van der Waals surface area contributed by atoms with Gasteiger partial charge in [0.25, 0.3) is 5.70 Å². The molecule has 0 saturated carbocycles.